The first-order chi connectivity index (χ1) is 18.3. The zero-order valence-electron chi connectivity index (χ0n) is 21.2. The second-order valence-corrected chi connectivity index (χ2v) is 11.1. The molecule has 0 fully saturated rings. The maximum Gasteiger partial charge on any atom is 0.303 e. The van der Waals surface area contributed by atoms with E-state index in [1.54, 1.807) is 20.3 Å². The molecule has 1 N–H and O–H groups in total. The van der Waals surface area contributed by atoms with Gasteiger partial charge in [0.1, 0.15) is 17.8 Å². The van der Waals surface area contributed by atoms with Crippen LogP contribution in [0.2, 0.25) is 0 Å². The summed E-state index contributed by atoms with van der Waals surface area (Å²) >= 11 is 2.79. The Balaban J connectivity index is 1.53. The predicted molar refractivity (Wildman–Crippen MR) is 150 cm³/mol. The first-order valence-corrected chi connectivity index (χ1v) is 13.9. The number of aliphatic carboxylic acids is 1. The predicted octanol–water partition coefficient (Wildman–Crippen LogP) is 6.52. The zero-order valence-corrected chi connectivity index (χ0v) is 22.8. The number of carboxylic acids is 1. The summed E-state index contributed by atoms with van der Waals surface area (Å²) in [5.74, 6) is 0.294. The molecule has 38 heavy (non-hydrogen) atoms. The lowest BCUT2D eigenvalue weighted by Gasteiger charge is -2.10. The Morgan fingerprint density at radius 1 is 0.816 bits per heavy atom. The van der Waals surface area contributed by atoms with Crippen molar-refractivity contribution in [2.75, 3.05) is 14.2 Å². The quantitative estimate of drug-likeness (QED) is 0.140. The van der Waals surface area contributed by atoms with Gasteiger partial charge in [0.25, 0.3) is 0 Å². The van der Waals surface area contributed by atoms with Crippen LogP contribution in [0, 0.1) is 0 Å². The highest BCUT2D eigenvalue weighted by atomic mass is 32.1. The zero-order chi connectivity index (χ0) is 27.2. The Morgan fingerprint density at radius 2 is 1.53 bits per heavy atom. The number of carboxylic acid groups (broad SMARTS) is 1. The molecular weight excluding hydrogens is 524 g/mol. The third-order valence-corrected chi connectivity index (χ3v) is 8.61. The molecular formula is C29H28O7S2. The van der Waals surface area contributed by atoms with Crippen LogP contribution in [0.3, 0.4) is 0 Å². The fraction of sp³-hybridized carbons (Fsp3) is 0.310. The molecule has 2 aromatic carbocycles. The standard InChI is InChI=1S/C29H28O7S2/c1-35-20-11-17(21-16-28(38-26(21)15-20)22(31)7-4-10-30)5-3-6-18-13-25-19(12-24(18)36-2)14-27(37-25)23(32)8-9-29(33)34/h10-16H,3-9H2,1-2H3,(H,33,34). The van der Waals surface area contributed by atoms with Gasteiger partial charge in [-0.1, -0.05) is 0 Å². The number of aldehydes is 1. The number of thiophene rings is 2. The van der Waals surface area contributed by atoms with Crippen LogP contribution in [0.25, 0.3) is 20.2 Å². The molecule has 0 atom stereocenters. The fourth-order valence-electron chi connectivity index (χ4n) is 4.40. The maximum atomic E-state index is 12.5. The van der Waals surface area contributed by atoms with Gasteiger partial charge in [-0.15, -0.1) is 22.7 Å². The normalized spacial score (nSPS) is 11.1. The van der Waals surface area contributed by atoms with Gasteiger partial charge in [0.2, 0.25) is 0 Å². The Bertz CT molecular complexity index is 1510. The number of rotatable bonds is 14. The van der Waals surface area contributed by atoms with Crippen molar-refractivity contribution in [1.82, 2.24) is 0 Å². The number of aryl methyl sites for hydroxylation is 2. The molecule has 4 aromatic rings. The number of fused-ring (bicyclic) bond motifs is 2. The SMILES string of the molecule is COc1cc(CCCc2cc3sc(C(=O)CCC(=O)O)cc3cc2OC)c2cc(C(=O)CCC=O)sc2c1. The Morgan fingerprint density at radius 3 is 2.24 bits per heavy atom. The number of Topliss-reactive ketones (excluding diaryl/α,β-unsaturated/α-hetero) is 2. The second-order valence-electron chi connectivity index (χ2n) is 8.92. The minimum absolute atomic E-state index is 0.0197. The summed E-state index contributed by atoms with van der Waals surface area (Å²) in [5, 5.41) is 10.8. The lowest BCUT2D eigenvalue weighted by Crippen LogP contribution is -2.01. The molecule has 2 heterocycles. The van der Waals surface area contributed by atoms with Crippen molar-refractivity contribution < 1.29 is 33.8 Å². The molecule has 0 saturated heterocycles. The summed E-state index contributed by atoms with van der Waals surface area (Å²) in [4.78, 5) is 47.6. The highest BCUT2D eigenvalue weighted by molar-refractivity contribution is 7.21. The van der Waals surface area contributed by atoms with Crippen molar-refractivity contribution in [3.8, 4) is 11.5 Å². The van der Waals surface area contributed by atoms with Gasteiger partial charge >= 0.3 is 5.97 Å². The summed E-state index contributed by atoms with van der Waals surface area (Å²) in [6, 6.07) is 11.6. The number of carbonyl (C=O) groups is 4. The molecule has 4 rings (SSSR count). The van der Waals surface area contributed by atoms with E-state index in [2.05, 4.69) is 0 Å². The number of hydrogen-bond donors (Lipinski definition) is 1. The van der Waals surface area contributed by atoms with Crippen LogP contribution in [0.4, 0.5) is 0 Å². The van der Waals surface area contributed by atoms with Gasteiger partial charge in [0.05, 0.1) is 30.4 Å². The molecule has 0 saturated carbocycles. The van der Waals surface area contributed by atoms with E-state index in [4.69, 9.17) is 14.6 Å². The van der Waals surface area contributed by atoms with Crippen molar-refractivity contribution >= 4 is 66.7 Å². The van der Waals surface area contributed by atoms with Crippen molar-refractivity contribution in [1.29, 1.82) is 0 Å². The minimum Gasteiger partial charge on any atom is -0.497 e. The van der Waals surface area contributed by atoms with Gasteiger partial charge in [0, 0.05) is 28.7 Å². The largest absolute Gasteiger partial charge is 0.497 e. The Hall–Kier alpha value is -3.56. The molecule has 0 aliphatic carbocycles. The highest BCUT2D eigenvalue weighted by Crippen LogP contribution is 2.36. The first kappa shape index (κ1) is 27.5. The lowest BCUT2D eigenvalue weighted by atomic mass is 9.99. The monoisotopic (exact) mass is 552 g/mol. The molecule has 7 nitrogen and oxygen atoms in total. The molecule has 0 amide bonds. The third-order valence-electron chi connectivity index (χ3n) is 6.35. The van der Waals surface area contributed by atoms with E-state index in [1.165, 1.54) is 22.7 Å². The van der Waals surface area contributed by atoms with E-state index in [0.717, 1.165) is 68.3 Å². The van der Waals surface area contributed by atoms with Crippen LogP contribution in [0.5, 0.6) is 11.5 Å². The number of benzene rings is 2. The smallest absolute Gasteiger partial charge is 0.303 e. The van der Waals surface area contributed by atoms with Crippen LogP contribution in [-0.4, -0.2) is 43.1 Å². The molecule has 198 valence electrons. The number of ketones is 2. The molecule has 2 aromatic heterocycles. The van der Waals surface area contributed by atoms with Crippen LogP contribution < -0.4 is 9.47 Å². The van der Waals surface area contributed by atoms with E-state index < -0.39 is 5.97 Å². The molecule has 0 aliphatic heterocycles. The van der Waals surface area contributed by atoms with E-state index >= 15 is 0 Å². The number of carbonyl (C=O) groups excluding carboxylic acids is 3. The van der Waals surface area contributed by atoms with Gasteiger partial charge in [-0.2, -0.15) is 0 Å². The summed E-state index contributed by atoms with van der Waals surface area (Å²) < 4.78 is 13.1. The molecule has 9 heteroatoms. The molecule has 0 spiro atoms. The number of methoxy groups -OCH3 is 2. The van der Waals surface area contributed by atoms with E-state index in [1.807, 2.05) is 30.3 Å². The number of hydrogen-bond acceptors (Lipinski definition) is 8. The van der Waals surface area contributed by atoms with Crippen molar-refractivity contribution in [3.05, 3.63) is 57.3 Å². The third kappa shape index (κ3) is 6.28. The fourth-order valence-corrected chi connectivity index (χ4v) is 6.58. The summed E-state index contributed by atoms with van der Waals surface area (Å²) in [7, 11) is 3.24. The van der Waals surface area contributed by atoms with E-state index in [9.17, 15) is 19.2 Å². The average molecular weight is 553 g/mol. The van der Waals surface area contributed by atoms with Crippen molar-refractivity contribution in [2.45, 2.75) is 44.9 Å². The van der Waals surface area contributed by atoms with Crippen LogP contribution in [0.1, 0.15) is 62.6 Å². The van der Waals surface area contributed by atoms with Gasteiger partial charge in [-0.25, -0.2) is 0 Å². The lowest BCUT2D eigenvalue weighted by molar-refractivity contribution is -0.136. The summed E-state index contributed by atoms with van der Waals surface area (Å²) in [6.07, 6.45) is 3.32. The molecule has 0 radical (unpaired) electrons. The Kier molecular flexibility index (Phi) is 8.91. The molecule has 0 unspecified atom stereocenters. The minimum atomic E-state index is -0.986. The highest BCUT2D eigenvalue weighted by Gasteiger charge is 2.16. The van der Waals surface area contributed by atoms with Crippen LogP contribution >= 0.6 is 22.7 Å². The summed E-state index contributed by atoms with van der Waals surface area (Å²) in [6.45, 7) is 0. The van der Waals surface area contributed by atoms with Gasteiger partial charge in [-0.3, -0.25) is 14.4 Å². The van der Waals surface area contributed by atoms with Gasteiger partial charge < -0.3 is 19.4 Å². The van der Waals surface area contributed by atoms with Crippen molar-refractivity contribution in [3.63, 3.8) is 0 Å². The second kappa shape index (κ2) is 12.3. The average Bonchev–Trinajstić information content (AvgIpc) is 3.53. The molecule has 0 aliphatic rings. The summed E-state index contributed by atoms with van der Waals surface area (Å²) in [5.41, 5.74) is 2.12. The maximum absolute atomic E-state index is 12.5. The van der Waals surface area contributed by atoms with E-state index in [-0.39, 0.29) is 37.2 Å². The topological polar surface area (TPSA) is 107 Å². The first-order valence-electron chi connectivity index (χ1n) is 12.3. The van der Waals surface area contributed by atoms with Gasteiger partial charge in [0.15, 0.2) is 11.6 Å². The molecule has 0 bridgehead atoms. The number of ether oxygens (including phenoxy) is 2. The van der Waals surface area contributed by atoms with Crippen molar-refractivity contribution in [2.24, 2.45) is 0 Å². The van der Waals surface area contributed by atoms with Gasteiger partial charge in [-0.05, 0) is 77.6 Å². The van der Waals surface area contributed by atoms with Crippen LogP contribution in [-0.2, 0) is 22.4 Å². The Labute approximate surface area is 228 Å². The van der Waals surface area contributed by atoms with E-state index in [0.29, 0.717) is 9.75 Å². The van der Waals surface area contributed by atoms with Crippen LogP contribution in [0.15, 0.2) is 36.4 Å².